The highest BCUT2D eigenvalue weighted by atomic mass is 35.5. The summed E-state index contributed by atoms with van der Waals surface area (Å²) >= 11 is 5.69. The van der Waals surface area contributed by atoms with Gasteiger partial charge in [-0.15, -0.1) is 0 Å². The number of nitrogens with zero attached hydrogens (tertiary/aromatic N) is 3. The number of pyridine rings is 1. The van der Waals surface area contributed by atoms with Gasteiger partial charge in [-0.3, -0.25) is 19.7 Å². The van der Waals surface area contributed by atoms with Crippen LogP contribution in [0.3, 0.4) is 0 Å². The van der Waals surface area contributed by atoms with E-state index in [1.54, 1.807) is 0 Å². The third kappa shape index (κ3) is 3.46. The van der Waals surface area contributed by atoms with E-state index < -0.39 is 22.5 Å². The highest BCUT2D eigenvalue weighted by Gasteiger charge is 2.32. The summed E-state index contributed by atoms with van der Waals surface area (Å²) in [5, 5.41) is 19.7. The van der Waals surface area contributed by atoms with E-state index in [0.29, 0.717) is 13.0 Å². The smallest absolute Gasteiger partial charge is 0.303 e. The van der Waals surface area contributed by atoms with Crippen molar-refractivity contribution in [1.82, 2.24) is 9.88 Å². The van der Waals surface area contributed by atoms with Crippen LogP contribution in [-0.4, -0.2) is 44.9 Å². The summed E-state index contributed by atoms with van der Waals surface area (Å²) in [5.74, 6) is -1.59. The molecular formula is C12H12ClN3O5. The molecule has 1 saturated heterocycles. The van der Waals surface area contributed by atoms with Crippen molar-refractivity contribution < 1.29 is 19.6 Å². The van der Waals surface area contributed by atoms with E-state index in [-0.39, 0.29) is 29.6 Å². The van der Waals surface area contributed by atoms with Crippen molar-refractivity contribution in [3.63, 3.8) is 0 Å². The lowest BCUT2D eigenvalue weighted by Gasteiger charge is -2.16. The second kappa shape index (κ2) is 6.04. The Morgan fingerprint density at radius 3 is 2.90 bits per heavy atom. The van der Waals surface area contributed by atoms with Crippen LogP contribution >= 0.6 is 11.6 Å². The number of carbonyl (C=O) groups is 2. The van der Waals surface area contributed by atoms with Gasteiger partial charge in [-0.25, -0.2) is 4.98 Å². The quantitative estimate of drug-likeness (QED) is 0.513. The zero-order valence-electron chi connectivity index (χ0n) is 10.9. The summed E-state index contributed by atoms with van der Waals surface area (Å²) in [5.41, 5.74) is -0.540. The van der Waals surface area contributed by atoms with Gasteiger partial charge in [0.05, 0.1) is 4.92 Å². The minimum Gasteiger partial charge on any atom is -0.481 e. The molecule has 1 aliphatic heterocycles. The Balaban J connectivity index is 2.19. The van der Waals surface area contributed by atoms with E-state index in [2.05, 4.69) is 4.98 Å². The first-order valence-corrected chi connectivity index (χ1v) is 6.57. The van der Waals surface area contributed by atoms with E-state index in [0.717, 1.165) is 12.3 Å². The van der Waals surface area contributed by atoms with Crippen molar-refractivity contribution in [2.75, 3.05) is 13.1 Å². The molecule has 1 fully saturated rings. The zero-order valence-corrected chi connectivity index (χ0v) is 11.6. The van der Waals surface area contributed by atoms with Gasteiger partial charge in [0.15, 0.2) is 0 Å². The van der Waals surface area contributed by atoms with Crippen molar-refractivity contribution in [2.45, 2.75) is 12.8 Å². The molecule has 1 aliphatic rings. The number of hydrogen-bond donors (Lipinski definition) is 1. The molecule has 1 atom stereocenters. The molecule has 0 saturated carbocycles. The highest BCUT2D eigenvalue weighted by Crippen LogP contribution is 2.26. The Hall–Kier alpha value is -2.22. The average molecular weight is 314 g/mol. The fourth-order valence-electron chi connectivity index (χ4n) is 2.34. The van der Waals surface area contributed by atoms with Crippen LogP contribution in [0.2, 0.25) is 5.15 Å². The minimum atomic E-state index is -0.924. The van der Waals surface area contributed by atoms with Gasteiger partial charge in [0.2, 0.25) is 0 Å². The molecule has 2 rings (SSSR count). The number of aliphatic carboxylic acids is 1. The van der Waals surface area contributed by atoms with Gasteiger partial charge in [0.1, 0.15) is 16.9 Å². The number of aromatic nitrogens is 1. The molecule has 2 heterocycles. The predicted octanol–water partition coefficient (Wildman–Crippen LogP) is 1.58. The van der Waals surface area contributed by atoms with Gasteiger partial charge in [0.25, 0.3) is 11.6 Å². The molecule has 0 spiro atoms. The first kappa shape index (κ1) is 15.2. The average Bonchev–Trinajstić information content (AvgIpc) is 2.85. The molecule has 21 heavy (non-hydrogen) atoms. The summed E-state index contributed by atoms with van der Waals surface area (Å²) in [6, 6.07) is 1.16. The van der Waals surface area contributed by atoms with Crippen molar-refractivity contribution in [3.8, 4) is 0 Å². The Kier molecular flexibility index (Phi) is 4.37. The maximum absolute atomic E-state index is 12.3. The predicted molar refractivity (Wildman–Crippen MR) is 72.2 cm³/mol. The lowest BCUT2D eigenvalue weighted by atomic mass is 10.1. The van der Waals surface area contributed by atoms with Crippen LogP contribution in [0, 0.1) is 16.0 Å². The van der Waals surface area contributed by atoms with Crippen LogP contribution in [0.15, 0.2) is 12.3 Å². The fraction of sp³-hybridized carbons (Fsp3) is 0.417. The van der Waals surface area contributed by atoms with Crippen molar-refractivity contribution in [2.24, 2.45) is 5.92 Å². The molecule has 0 radical (unpaired) electrons. The van der Waals surface area contributed by atoms with Crippen molar-refractivity contribution in [3.05, 3.63) is 33.1 Å². The van der Waals surface area contributed by atoms with E-state index in [4.69, 9.17) is 16.7 Å². The number of halogens is 1. The van der Waals surface area contributed by atoms with Gasteiger partial charge < -0.3 is 10.0 Å². The van der Waals surface area contributed by atoms with Crippen LogP contribution in [0.5, 0.6) is 0 Å². The van der Waals surface area contributed by atoms with E-state index in [1.807, 2.05) is 0 Å². The molecule has 1 N–H and O–H groups in total. The van der Waals surface area contributed by atoms with Crippen LogP contribution < -0.4 is 0 Å². The Labute approximate surface area is 124 Å². The third-order valence-electron chi connectivity index (χ3n) is 3.31. The number of rotatable bonds is 4. The number of carboxylic acids is 1. The molecule has 9 heteroatoms. The number of likely N-dealkylation sites (tertiary alicyclic amines) is 1. The molecule has 1 amide bonds. The summed E-state index contributed by atoms with van der Waals surface area (Å²) in [7, 11) is 0. The van der Waals surface area contributed by atoms with Gasteiger partial charge in [-0.1, -0.05) is 11.6 Å². The summed E-state index contributed by atoms with van der Waals surface area (Å²) in [6.45, 7) is 0.635. The third-order valence-corrected chi connectivity index (χ3v) is 3.52. The molecular weight excluding hydrogens is 302 g/mol. The number of carboxylic acid groups (broad SMARTS) is 1. The number of hydrogen-bond acceptors (Lipinski definition) is 5. The second-order valence-corrected chi connectivity index (χ2v) is 5.17. The standard InChI is InChI=1S/C12H12ClN3O5/c13-10-4-8(9(5-14-10)16(20)21)12(19)15-2-1-7(6-15)3-11(17)18/h4-5,7H,1-3,6H2,(H,17,18). The summed E-state index contributed by atoms with van der Waals surface area (Å²) in [6.07, 6.45) is 1.48. The van der Waals surface area contributed by atoms with Gasteiger partial charge in [0, 0.05) is 19.5 Å². The minimum absolute atomic E-state index is 0.00904. The summed E-state index contributed by atoms with van der Waals surface area (Å²) < 4.78 is 0. The topological polar surface area (TPSA) is 114 Å². The maximum Gasteiger partial charge on any atom is 0.303 e. The van der Waals surface area contributed by atoms with Crippen molar-refractivity contribution >= 4 is 29.2 Å². The molecule has 112 valence electrons. The monoisotopic (exact) mass is 313 g/mol. The molecule has 8 nitrogen and oxygen atoms in total. The van der Waals surface area contributed by atoms with Gasteiger partial charge in [-0.2, -0.15) is 0 Å². The second-order valence-electron chi connectivity index (χ2n) is 4.79. The molecule has 0 aliphatic carbocycles. The molecule has 0 aromatic carbocycles. The van der Waals surface area contributed by atoms with Crippen LogP contribution in [-0.2, 0) is 4.79 Å². The zero-order chi connectivity index (χ0) is 15.6. The maximum atomic E-state index is 12.3. The van der Waals surface area contributed by atoms with E-state index >= 15 is 0 Å². The first-order chi connectivity index (χ1) is 9.88. The SMILES string of the molecule is O=C(O)CC1CCN(C(=O)c2cc(Cl)ncc2[N+](=O)[O-])C1. The molecule has 1 unspecified atom stereocenters. The largest absolute Gasteiger partial charge is 0.481 e. The Morgan fingerprint density at radius 2 is 2.29 bits per heavy atom. The van der Waals surface area contributed by atoms with Crippen LogP contribution in [0.1, 0.15) is 23.2 Å². The van der Waals surface area contributed by atoms with E-state index in [9.17, 15) is 19.7 Å². The van der Waals surface area contributed by atoms with Crippen LogP contribution in [0.4, 0.5) is 5.69 Å². The number of nitro groups is 1. The number of amides is 1. The van der Waals surface area contributed by atoms with Crippen LogP contribution in [0.25, 0.3) is 0 Å². The normalized spacial score (nSPS) is 17.8. The molecule has 1 aromatic rings. The number of carbonyl (C=O) groups excluding carboxylic acids is 1. The Bertz CT molecular complexity index is 607. The molecule has 1 aromatic heterocycles. The Morgan fingerprint density at radius 1 is 1.57 bits per heavy atom. The first-order valence-electron chi connectivity index (χ1n) is 6.19. The lowest BCUT2D eigenvalue weighted by Crippen LogP contribution is -2.29. The van der Waals surface area contributed by atoms with Gasteiger partial charge in [-0.05, 0) is 18.4 Å². The highest BCUT2D eigenvalue weighted by molar-refractivity contribution is 6.29. The lowest BCUT2D eigenvalue weighted by molar-refractivity contribution is -0.385. The summed E-state index contributed by atoms with van der Waals surface area (Å²) in [4.78, 5) is 38.3. The fourth-order valence-corrected chi connectivity index (χ4v) is 2.50. The van der Waals surface area contributed by atoms with Crippen molar-refractivity contribution in [1.29, 1.82) is 0 Å². The van der Waals surface area contributed by atoms with E-state index in [1.165, 1.54) is 4.90 Å². The van der Waals surface area contributed by atoms with Gasteiger partial charge >= 0.3 is 5.97 Å². The molecule has 0 bridgehead atoms.